The summed E-state index contributed by atoms with van der Waals surface area (Å²) in [6, 6.07) is 7.99. The van der Waals surface area contributed by atoms with Crippen LogP contribution in [-0.2, 0) is 11.3 Å². The van der Waals surface area contributed by atoms with Crippen molar-refractivity contribution in [3.8, 4) is 11.5 Å². The lowest BCUT2D eigenvalue weighted by molar-refractivity contribution is 0.174. The molecule has 25 heavy (non-hydrogen) atoms. The molecule has 3 aromatic rings. The number of fused-ring (bicyclic) bond motifs is 2. The van der Waals surface area contributed by atoms with E-state index in [0.717, 1.165) is 28.6 Å². The predicted molar refractivity (Wildman–Crippen MR) is 91.0 cm³/mol. The smallest absolute Gasteiger partial charge is 0.254 e. The van der Waals surface area contributed by atoms with E-state index in [1.54, 1.807) is 11.6 Å². The molecule has 0 N–H and O–H groups in total. The Balaban J connectivity index is 1.69. The van der Waals surface area contributed by atoms with Gasteiger partial charge in [0.25, 0.3) is 5.78 Å². The van der Waals surface area contributed by atoms with E-state index >= 15 is 0 Å². The minimum absolute atomic E-state index is 0.273. The van der Waals surface area contributed by atoms with Crippen LogP contribution < -0.4 is 14.4 Å². The van der Waals surface area contributed by atoms with Crippen LogP contribution in [0.1, 0.15) is 11.3 Å². The fraction of sp³-hybridized carbons (Fsp3) is 0.353. The van der Waals surface area contributed by atoms with Gasteiger partial charge in [-0.3, -0.25) is 0 Å². The predicted octanol–water partition coefficient (Wildman–Crippen LogP) is 1.81. The average Bonchev–Trinajstić information content (AvgIpc) is 3.26. The monoisotopic (exact) mass is 341 g/mol. The van der Waals surface area contributed by atoms with Gasteiger partial charge in [-0.25, -0.2) is 4.98 Å². The summed E-state index contributed by atoms with van der Waals surface area (Å²) in [4.78, 5) is 10.8. The SMILES string of the molecule is COCCN(Cc1ccc2c(c1)OCO2)c1cc(C)nc2ncnn12. The van der Waals surface area contributed by atoms with Gasteiger partial charge in [0.15, 0.2) is 11.5 Å². The maximum absolute atomic E-state index is 5.48. The number of aromatic nitrogens is 4. The molecule has 0 spiro atoms. The molecule has 0 aliphatic carbocycles. The fourth-order valence-corrected chi connectivity index (χ4v) is 2.87. The van der Waals surface area contributed by atoms with Crippen molar-refractivity contribution in [1.29, 1.82) is 0 Å². The molecule has 1 aromatic carbocycles. The number of benzene rings is 1. The van der Waals surface area contributed by atoms with Crippen LogP contribution in [-0.4, -0.2) is 46.6 Å². The van der Waals surface area contributed by atoms with E-state index in [1.165, 1.54) is 6.33 Å². The zero-order chi connectivity index (χ0) is 17.2. The molecule has 0 radical (unpaired) electrons. The average molecular weight is 341 g/mol. The van der Waals surface area contributed by atoms with Crippen LogP contribution >= 0.6 is 0 Å². The van der Waals surface area contributed by atoms with Gasteiger partial charge in [-0.15, -0.1) is 0 Å². The van der Waals surface area contributed by atoms with E-state index in [-0.39, 0.29) is 6.79 Å². The van der Waals surface area contributed by atoms with Gasteiger partial charge < -0.3 is 19.1 Å². The van der Waals surface area contributed by atoms with Gasteiger partial charge >= 0.3 is 0 Å². The van der Waals surface area contributed by atoms with E-state index in [9.17, 15) is 0 Å². The molecule has 0 fully saturated rings. The number of aryl methyl sites for hydroxylation is 1. The third-order valence-electron chi connectivity index (χ3n) is 4.06. The molecule has 0 bridgehead atoms. The molecule has 0 atom stereocenters. The maximum Gasteiger partial charge on any atom is 0.254 e. The van der Waals surface area contributed by atoms with Crippen molar-refractivity contribution < 1.29 is 14.2 Å². The standard InChI is InChI=1S/C17H19N5O3/c1-12-7-16(22-17(20-12)18-10-19-22)21(5-6-23-2)9-13-3-4-14-15(8-13)25-11-24-14/h3-4,7-8,10H,5-6,9,11H2,1-2H3. The Bertz CT molecular complexity index is 895. The molecule has 1 aliphatic heterocycles. The molecule has 1 aliphatic rings. The summed E-state index contributed by atoms with van der Waals surface area (Å²) < 4.78 is 17.9. The van der Waals surface area contributed by atoms with Crippen LogP contribution in [0, 0.1) is 6.92 Å². The molecule has 130 valence electrons. The molecular weight excluding hydrogens is 322 g/mol. The molecule has 0 saturated heterocycles. The lowest BCUT2D eigenvalue weighted by atomic mass is 10.2. The number of hydrogen-bond acceptors (Lipinski definition) is 7. The number of rotatable bonds is 6. The van der Waals surface area contributed by atoms with Crippen molar-refractivity contribution in [2.45, 2.75) is 13.5 Å². The van der Waals surface area contributed by atoms with Crippen molar-refractivity contribution in [3.63, 3.8) is 0 Å². The van der Waals surface area contributed by atoms with Gasteiger partial charge in [0, 0.05) is 32.0 Å². The topological polar surface area (TPSA) is 74.0 Å². The summed E-state index contributed by atoms with van der Waals surface area (Å²) in [6.07, 6.45) is 1.51. The summed E-state index contributed by atoms with van der Waals surface area (Å²) >= 11 is 0. The number of ether oxygens (including phenoxy) is 3. The highest BCUT2D eigenvalue weighted by Crippen LogP contribution is 2.33. The first-order valence-corrected chi connectivity index (χ1v) is 8.04. The third kappa shape index (κ3) is 3.08. The number of hydrogen-bond donors (Lipinski definition) is 0. The molecule has 0 unspecified atom stereocenters. The van der Waals surface area contributed by atoms with E-state index in [1.807, 2.05) is 31.2 Å². The summed E-state index contributed by atoms with van der Waals surface area (Å²) in [5, 5.41) is 4.30. The maximum atomic E-state index is 5.48. The van der Waals surface area contributed by atoms with E-state index in [2.05, 4.69) is 20.0 Å². The molecule has 0 saturated carbocycles. The quantitative estimate of drug-likeness (QED) is 0.677. The Morgan fingerprint density at radius 3 is 3.00 bits per heavy atom. The lowest BCUT2D eigenvalue weighted by Gasteiger charge is -2.25. The summed E-state index contributed by atoms with van der Waals surface area (Å²) in [5.74, 6) is 3.07. The van der Waals surface area contributed by atoms with Crippen molar-refractivity contribution in [2.24, 2.45) is 0 Å². The largest absolute Gasteiger partial charge is 0.454 e. The highest BCUT2D eigenvalue weighted by molar-refractivity contribution is 5.49. The van der Waals surface area contributed by atoms with Gasteiger partial charge in [-0.1, -0.05) is 6.07 Å². The van der Waals surface area contributed by atoms with Gasteiger partial charge in [0.1, 0.15) is 12.1 Å². The van der Waals surface area contributed by atoms with Gasteiger partial charge in [-0.2, -0.15) is 14.6 Å². The summed E-state index contributed by atoms with van der Waals surface area (Å²) in [6.45, 7) is 4.21. The van der Waals surface area contributed by atoms with E-state index in [0.29, 0.717) is 25.5 Å². The normalized spacial score (nSPS) is 12.7. The van der Waals surface area contributed by atoms with Crippen LogP contribution in [0.5, 0.6) is 11.5 Å². The zero-order valence-electron chi connectivity index (χ0n) is 14.2. The molecule has 0 amide bonds. The Labute approximate surface area is 145 Å². The second-order valence-corrected chi connectivity index (χ2v) is 5.83. The lowest BCUT2D eigenvalue weighted by Crippen LogP contribution is -2.29. The third-order valence-corrected chi connectivity index (χ3v) is 4.06. The number of methoxy groups -OCH3 is 1. The van der Waals surface area contributed by atoms with Crippen LogP contribution in [0.4, 0.5) is 5.82 Å². The highest BCUT2D eigenvalue weighted by Gasteiger charge is 2.17. The van der Waals surface area contributed by atoms with Crippen molar-refractivity contribution in [2.75, 3.05) is 32.0 Å². The molecular formula is C17H19N5O3. The minimum Gasteiger partial charge on any atom is -0.454 e. The molecule has 3 heterocycles. The van der Waals surface area contributed by atoms with Crippen molar-refractivity contribution >= 4 is 11.6 Å². The second kappa shape index (κ2) is 6.56. The first-order valence-electron chi connectivity index (χ1n) is 8.04. The second-order valence-electron chi connectivity index (χ2n) is 5.83. The number of anilines is 1. The molecule has 8 nitrogen and oxygen atoms in total. The zero-order valence-corrected chi connectivity index (χ0v) is 14.2. The first-order chi connectivity index (χ1) is 12.2. The van der Waals surface area contributed by atoms with Crippen LogP contribution in [0.3, 0.4) is 0 Å². The Kier molecular flexibility index (Phi) is 4.10. The Hall–Kier alpha value is -2.87. The molecule has 8 heteroatoms. The van der Waals surface area contributed by atoms with Crippen LogP contribution in [0.2, 0.25) is 0 Å². The van der Waals surface area contributed by atoms with Gasteiger partial charge in [0.05, 0.1) is 6.61 Å². The Morgan fingerprint density at radius 2 is 2.12 bits per heavy atom. The van der Waals surface area contributed by atoms with Crippen LogP contribution in [0.25, 0.3) is 5.78 Å². The van der Waals surface area contributed by atoms with Crippen molar-refractivity contribution in [1.82, 2.24) is 19.6 Å². The molecule has 4 rings (SSSR count). The Morgan fingerprint density at radius 1 is 1.24 bits per heavy atom. The van der Waals surface area contributed by atoms with Gasteiger partial charge in [0.2, 0.25) is 6.79 Å². The highest BCUT2D eigenvalue weighted by atomic mass is 16.7. The number of nitrogens with zero attached hydrogens (tertiary/aromatic N) is 5. The minimum atomic E-state index is 0.273. The van der Waals surface area contributed by atoms with E-state index < -0.39 is 0 Å². The molecule has 2 aromatic heterocycles. The fourth-order valence-electron chi connectivity index (χ4n) is 2.87. The summed E-state index contributed by atoms with van der Waals surface area (Å²) in [5.41, 5.74) is 2.01. The van der Waals surface area contributed by atoms with Crippen molar-refractivity contribution in [3.05, 3.63) is 41.9 Å². The first kappa shape index (κ1) is 15.6. The van der Waals surface area contributed by atoms with Gasteiger partial charge in [-0.05, 0) is 24.6 Å². The summed E-state index contributed by atoms with van der Waals surface area (Å²) in [7, 11) is 1.70. The van der Waals surface area contributed by atoms with E-state index in [4.69, 9.17) is 14.2 Å². The van der Waals surface area contributed by atoms with Crippen LogP contribution in [0.15, 0.2) is 30.6 Å².